The molecular weight excluding hydrogens is 328 g/mol. The molecule has 0 spiro atoms. The van der Waals surface area contributed by atoms with E-state index in [9.17, 15) is 8.42 Å². The SMILES string of the molecule is COc1cc(NS(=O)(=O)c2ccc(N)cc2)c(OC)cc1Cl. The third-order valence-electron chi connectivity index (χ3n) is 2.91. The predicted molar refractivity (Wildman–Crippen MR) is 86.2 cm³/mol. The molecular formula is C14H15ClN2O4S. The first-order chi connectivity index (χ1) is 10.4. The molecule has 3 N–H and O–H groups in total. The third kappa shape index (κ3) is 3.37. The second-order valence-electron chi connectivity index (χ2n) is 4.36. The molecule has 8 heteroatoms. The van der Waals surface area contributed by atoms with Crippen molar-refractivity contribution in [3.05, 3.63) is 41.4 Å². The zero-order valence-electron chi connectivity index (χ0n) is 12.0. The number of ether oxygens (including phenoxy) is 2. The van der Waals surface area contributed by atoms with Crippen LogP contribution in [0.2, 0.25) is 5.02 Å². The van der Waals surface area contributed by atoms with Crippen LogP contribution in [0.25, 0.3) is 0 Å². The fraction of sp³-hybridized carbons (Fsp3) is 0.143. The van der Waals surface area contributed by atoms with Gasteiger partial charge in [0.1, 0.15) is 11.5 Å². The summed E-state index contributed by atoms with van der Waals surface area (Å²) in [5, 5.41) is 0.315. The summed E-state index contributed by atoms with van der Waals surface area (Å²) >= 11 is 5.99. The first-order valence-corrected chi connectivity index (χ1v) is 8.03. The second kappa shape index (κ2) is 6.33. The van der Waals surface area contributed by atoms with E-state index in [2.05, 4.69) is 4.72 Å². The first-order valence-electron chi connectivity index (χ1n) is 6.17. The van der Waals surface area contributed by atoms with E-state index < -0.39 is 10.0 Å². The highest BCUT2D eigenvalue weighted by Crippen LogP contribution is 2.36. The molecule has 0 aliphatic carbocycles. The van der Waals surface area contributed by atoms with Gasteiger partial charge in [0.05, 0.1) is 29.8 Å². The number of hydrogen-bond acceptors (Lipinski definition) is 5. The minimum Gasteiger partial charge on any atom is -0.495 e. The van der Waals surface area contributed by atoms with Gasteiger partial charge in [0.15, 0.2) is 0 Å². The van der Waals surface area contributed by atoms with Crippen LogP contribution < -0.4 is 19.9 Å². The highest BCUT2D eigenvalue weighted by molar-refractivity contribution is 7.92. The number of nitrogens with one attached hydrogen (secondary N) is 1. The topological polar surface area (TPSA) is 90.7 Å². The third-order valence-corrected chi connectivity index (χ3v) is 4.59. The van der Waals surface area contributed by atoms with Gasteiger partial charge in [-0.05, 0) is 24.3 Å². The van der Waals surface area contributed by atoms with Crippen molar-refractivity contribution in [3.8, 4) is 11.5 Å². The van der Waals surface area contributed by atoms with Crippen molar-refractivity contribution in [1.82, 2.24) is 0 Å². The number of anilines is 2. The smallest absolute Gasteiger partial charge is 0.262 e. The zero-order chi connectivity index (χ0) is 16.3. The van der Waals surface area contributed by atoms with Crippen molar-refractivity contribution in [2.75, 3.05) is 24.7 Å². The van der Waals surface area contributed by atoms with Crippen molar-refractivity contribution in [2.45, 2.75) is 4.90 Å². The average molecular weight is 343 g/mol. The van der Waals surface area contributed by atoms with Gasteiger partial charge >= 0.3 is 0 Å². The van der Waals surface area contributed by atoms with Crippen molar-refractivity contribution < 1.29 is 17.9 Å². The Morgan fingerprint density at radius 1 is 1.05 bits per heavy atom. The highest BCUT2D eigenvalue weighted by Gasteiger charge is 2.18. The van der Waals surface area contributed by atoms with Gasteiger partial charge in [0.2, 0.25) is 0 Å². The van der Waals surface area contributed by atoms with Crippen LogP contribution in [0.1, 0.15) is 0 Å². The van der Waals surface area contributed by atoms with Crippen LogP contribution >= 0.6 is 11.6 Å². The van der Waals surface area contributed by atoms with Crippen molar-refractivity contribution in [1.29, 1.82) is 0 Å². The quantitative estimate of drug-likeness (QED) is 0.815. The summed E-state index contributed by atoms with van der Waals surface area (Å²) in [7, 11) is -0.932. The monoisotopic (exact) mass is 342 g/mol. The van der Waals surface area contributed by atoms with E-state index in [-0.39, 0.29) is 16.3 Å². The van der Waals surface area contributed by atoms with E-state index in [0.717, 1.165) is 0 Å². The van der Waals surface area contributed by atoms with Crippen LogP contribution in [0.4, 0.5) is 11.4 Å². The summed E-state index contributed by atoms with van der Waals surface area (Å²) in [6, 6.07) is 8.77. The Balaban J connectivity index is 2.42. The Morgan fingerprint density at radius 3 is 2.18 bits per heavy atom. The first kappa shape index (κ1) is 16.3. The van der Waals surface area contributed by atoms with E-state index in [1.165, 1.54) is 50.6 Å². The van der Waals surface area contributed by atoms with Gasteiger partial charge < -0.3 is 15.2 Å². The van der Waals surface area contributed by atoms with E-state index in [1.807, 2.05) is 0 Å². The highest BCUT2D eigenvalue weighted by atomic mass is 35.5. The van der Waals surface area contributed by atoms with Crippen LogP contribution in [-0.2, 0) is 10.0 Å². The molecule has 0 amide bonds. The van der Waals surface area contributed by atoms with E-state index in [4.69, 9.17) is 26.8 Å². The van der Waals surface area contributed by atoms with E-state index >= 15 is 0 Å². The molecule has 0 aromatic heterocycles. The Morgan fingerprint density at radius 2 is 1.64 bits per heavy atom. The maximum absolute atomic E-state index is 12.4. The Hall–Kier alpha value is -2.12. The molecule has 0 saturated heterocycles. The summed E-state index contributed by atoms with van der Waals surface area (Å²) in [6.07, 6.45) is 0. The van der Waals surface area contributed by atoms with Crippen molar-refractivity contribution in [3.63, 3.8) is 0 Å². The molecule has 0 aliphatic rings. The van der Waals surface area contributed by atoms with Gasteiger partial charge in [0.25, 0.3) is 10.0 Å². The lowest BCUT2D eigenvalue weighted by Crippen LogP contribution is -2.13. The van der Waals surface area contributed by atoms with E-state index in [1.54, 1.807) is 0 Å². The Bertz CT molecular complexity index is 776. The Kier molecular flexibility index (Phi) is 4.68. The number of benzene rings is 2. The fourth-order valence-electron chi connectivity index (χ4n) is 1.79. The molecule has 22 heavy (non-hydrogen) atoms. The van der Waals surface area contributed by atoms with Gasteiger partial charge in [-0.3, -0.25) is 4.72 Å². The fourth-order valence-corrected chi connectivity index (χ4v) is 3.08. The standard InChI is InChI=1S/C14H15ClN2O4S/c1-20-13-8-12(14(21-2)7-11(13)15)17-22(18,19)10-5-3-9(16)4-6-10/h3-8,17H,16H2,1-2H3. The minimum absolute atomic E-state index is 0.0812. The van der Waals surface area contributed by atoms with Crippen LogP contribution in [0, 0.1) is 0 Å². The van der Waals surface area contributed by atoms with Gasteiger partial charge in [0, 0.05) is 17.8 Å². The maximum atomic E-state index is 12.4. The molecule has 6 nitrogen and oxygen atoms in total. The van der Waals surface area contributed by atoms with E-state index in [0.29, 0.717) is 16.5 Å². The number of methoxy groups -OCH3 is 2. The number of rotatable bonds is 5. The molecule has 0 aliphatic heterocycles. The van der Waals surface area contributed by atoms with Crippen LogP contribution in [0.5, 0.6) is 11.5 Å². The number of halogens is 1. The molecule has 2 aromatic rings. The molecule has 0 atom stereocenters. The van der Waals surface area contributed by atoms with Gasteiger partial charge in [-0.1, -0.05) is 11.6 Å². The zero-order valence-corrected chi connectivity index (χ0v) is 13.5. The lowest BCUT2D eigenvalue weighted by Gasteiger charge is -2.14. The molecule has 0 heterocycles. The molecule has 2 rings (SSSR count). The summed E-state index contributed by atoms with van der Waals surface area (Å²) < 4.78 is 37.4. The molecule has 0 fully saturated rings. The van der Waals surface area contributed by atoms with Gasteiger partial charge in [-0.2, -0.15) is 0 Å². The molecule has 2 aromatic carbocycles. The second-order valence-corrected chi connectivity index (χ2v) is 6.45. The van der Waals surface area contributed by atoms with Gasteiger partial charge in [-0.15, -0.1) is 0 Å². The lowest BCUT2D eigenvalue weighted by atomic mass is 10.3. The largest absolute Gasteiger partial charge is 0.495 e. The summed E-state index contributed by atoms with van der Waals surface area (Å²) in [4.78, 5) is 0.0812. The predicted octanol–water partition coefficient (Wildman–Crippen LogP) is 2.74. The summed E-state index contributed by atoms with van der Waals surface area (Å²) in [5.74, 6) is 0.613. The molecule has 0 bridgehead atoms. The van der Waals surface area contributed by atoms with Crippen LogP contribution in [0.3, 0.4) is 0 Å². The number of nitrogen functional groups attached to an aromatic ring is 1. The Labute approximate surface area is 133 Å². The average Bonchev–Trinajstić information content (AvgIpc) is 2.48. The number of sulfonamides is 1. The summed E-state index contributed by atoms with van der Waals surface area (Å²) in [6.45, 7) is 0. The minimum atomic E-state index is -3.78. The van der Waals surface area contributed by atoms with Crippen LogP contribution in [-0.4, -0.2) is 22.6 Å². The molecule has 118 valence electrons. The van der Waals surface area contributed by atoms with Gasteiger partial charge in [-0.25, -0.2) is 8.42 Å². The van der Waals surface area contributed by atoms with Crippen LogP contribution in [0.15, 0.2) is 41.3 Å². The normalized spacial score (nSPS) is 11.0. The number of nitrogens with two attached hydrogens (primary N) is 1. The maximum Gasteiger partial charge on any atom is 0.262 e. The molecule has 0 saturated carbocycles. The van der Waals surface area contributed by atoms with Crippen molar-refractivity contribution >= 4 is 33.0 Å². The molecule has 0 radical (unpaired) electrons. The van der Waals surface area contributed by atoms with Crippen molar-refractivity contribution in [2.24, 2.45) is 0 Å². The summed E-state index contributed by atoms with van der Waals surface area (Å²) in [5.41, 5.74) is 6.26. The number of hydrogen-bond donors (Lipinski definition) is 2. The lowest BCUT2D eigenvalue weighted by molar-refractivity contribution is 0.405. The molecule has 0 unspecified atom stereocenters.